The van der Waals surface area contributed by atoms with Crippen LogP contribution < -0.4 is 0 Å². The number of aromatic nitrogens is 2. The maximum absolute atomic E-state index is 5.66. The summed E-state index contributed by atoms with van der Waals surface area (Å²) in [6.45, 7) is 2.47. The first-order valence-corrected chi connectivity index (χ1v) is 21.6. The van der Waals surface area contributed by atoms with Crippen molar-refractivity contribution in [3.63, 3.8) is 0 Å². The molecular weight excluding hydrogens is 725 g/mol. The van der Waals surface area contributed by atoms with Gasteiger partial charge in [-0.05, 0) is 151 Å². The molecule has 0 radical (unpaired) electrons. The Kier molecular flexibility index (Phi) is 7.25. The lowest BCUT2D eigenvalue weighted by Gasteiger charge is -2.40. The Labute approximate surface area is 351 Å². The molecule has 5 aliphatic rings. The molecule has 1 unspecified atom stereocenters. The molecule has 0 saturated carbocycles. The zero-order chi connectivity index (χ0) is 39.5. The van der Waals surface area contributed by atoms with Gasteiger partial charge in [-0.25, -0.2) is 9.97 Å². The third-order valence-electron chi connectivity index (χ3n) is 14.4. The molecule has 1 atom stereocenters. The summed E-state index contributed by atoms with van der Waals surface area (Å²) in [6.07, 6.45) is 10.9. The van der Waals surface area contributed by atoms with E-state index in [0.29, 0.717) is 0 Å². The van der Waals surface area contributed by atoms with Crippen LogP contribution in [0, 0.1) is 5.41 Å². The van der Waals surface area contributed by atoms with Crippen LogP contribution in [0.4, 0.5) is 0 Å². The van der Waals surface area contributed by atoms with Crippen LogP contribution in [0.3, 0.4) is 0 Å². The first-order valence-electron chi connectivity index (χ1n) is 21.6. The zero-order valence-corrected chi connectivity index (χ0v) is 33.7. The first kappa shape index (κ1) is 34.0. The number of benzene rings is 7. The maximum Gasteiger partial charge on any atom is 0.160 e. The lowest BCUT2D eigenvalue weighted by Crippen LogP contribution is -2.26. The summed E-state index contributed by atoms with van der Waals surface area (Å²) in [5.74, 6) is 0.820. The molecule has 0 spiro atoms. The molecule has 0 amide bonds. The van der Waals surface area contributed by atoms with Gasteiger partial charge in [-0.2, -0.15) is 0 Å². The fraction of sp³-hybridized carbons (Fsp3) is 0.138. The van der Waals surface area contributed by atoms with Crippen molar-refractivity contribution in [2.24, 2.45) is 5.41 Å². The predicted octanol–water partition coefficient (Wildman–Crippen LogP) is 14.0. The molecule has 13 rings (SSSR count). The van der Waals surface area contributed by atoms with Crippen molar-refractivity contribution < 1.29 is 0 Å². The summed E-state index contributed by atoms with van der Waals surface area (Å²) >= 11 is 0. The van der Waals surface area contributed by atoms with Crippen LogP contribution >= 0.6 is 0 Å². The van der Waals surface area contributed by atoms with Gasteiger partial charge in [-0.1, -0.05) is 146 Å². The van der Waals surface area contributed by atoms with Gasteiger partial charge in [0.05, 0.1) is 11.4 Å². The van der Waals surface area contributed by atoms with Crippen molar-refractivity contribution in [1.82, 2.24) is 9.97 Å². The van der Waals surface area contributed by atoms with Crippen molar-refractivity contribution in [2.45, 2.75) is 45.4 Å². The fourth-order valence-corrected chi connectivity index (χ4v) is 11.1. The van der Waals surface area contributed by atoms with Gasteiger partial charge >= 0.3 is 0 Å². The van der Waals surface area contributed by atoms with Gasteiger partial charge in [0, 0.05) is 28.7 Å². The van der Waals surface area contributed by atoms with E-state index < -0.39 is 0 Å². The van der Waals surface area contributed by atoms with E-state index in [4.69, 9.17) is 9.97 Å². The summed E-state index contributed by atoms with van der Waals surface area (Å²) in [6, 6.07) is 56.6. The van der Waals surface area contributed by atoms with E-state index in [9.17, 15) is 0 Å². The average Bonchev–Trinajstić information content (AvgIpc) is 3.99. The van der Waals surface area contributed by atoms with Gasteiger partial charge < -0.3 is 0 Å². The van der Waals surface area contributed by atoms with Crippen LogP contribution in [0.2, 0.25) is 0 Å². The van der Waals surface area contributed by atoms with Crippen molar-refractivity contribution >= 4 is 11.1 Å². The van der Waals surface area contributed by atoms with Crippen molar-refractivity contribution in [3.8, 4) is 67.0 Å². The molecule has 0 fully saturated rings. The smallest absolute Gasteiger partial charge is 0.160 e. The molecule has 8 aromatic rings. The van der Waals surface area contributed by atoms with Gasteiger partial charge in [0.25, 0.3) is 0 Å². The maximum atomic E-state index is 5.66. The van der Waals surface area contributed by atoms with E-state index in [0.717, 1.165) is 61.3 Å². The van der Waals surface area contributed by atoms with Gasteiger partial charge in [0.1, 0.15) is 0 Å². The highest BCUT2D eigenvalue weighted by atomic mass is 14.9. The van der Waals surface area contributed by atoms with E-state index >= 15 is 0 Å². The second kappa shape index (κ2) is 12.8. The topological polar surface area (TPSA) is 25.8 Å². The average molecular weight is 767 g/mol. The van der Waals surface area contributed by atoms with E-state index in [1.807, 2.05) is 0 Å². The Bertz CT molecular complexity index is 3220. The summed E-state index contributed by atoms with van der Waals surface area (Å²) in [5.41, 5.74) is 28.6. The minimum absolute atomic E-state index is 0.0483. The molecule has 2 heteroatoms. The molecule has 0 bridgehead atoms. The highest BCUT2D eigenvalue weighted by Crippen LogP contribution is 2.53. The fourth-order valence-electron chi connectivity index (χ4n) is 11.1. The summed E-state index contributed by atoms with van der Waals surface area (Å²) < 4.78 is 0. The van der Waals surface area contributed by atoms with E-state index in [1.165, 1.54) is 106 Å². The third-order valence-corrected chi connectivity index (χ3v) is 14.4. The number of allylic oxidation sites excluding steroid dienone is 4. The second-order valence-electron chi connectivity index (χ2n) is 17.9. The van der Waals surface area contributed by atoms with Crippen LogP contribution in [0.1, 0.15) is 70.1 Å². The molecule has 1 heterocycles. The third kappa shape index (κ3) is 5.13. The van der Waals surface area contributed by atoms with Crippen molar-refractivity contribution in [1.29, 1.82) is 0 Å². The van der Waals surface area contributed by atoms with Crippen LogP contribution in [0.5, 0.6) is 0 Å². The molecule has 5 aliphatic carbocycles. The molecule has 1 aromatic heterocycles. The predicted molar refractivity (Wildman–Crippen MR) is 247 cm³/mol. The van der Waals surface area contributed by atoms with Crippen LogP contribution in [0.25, 0.3) is 78.2 Å². The number of rotatable bonds is 4. The minimum Gasteiger partial charge on any atom is -0.228 e. The van der Waals surface area contributed by atoms with Crippen LogP contribution in [-0.2, 0) is 25.7 Å². The lowest BCUT2D eigenvalue weighted by molar-refractivity contribution is 0.401. The number of hydrogen-bond donors (Lipinski definition) is 0. The summed E-state index contributed by atoms with van der Waals surface area (Å²) in [7, 11) is 0. The molecule has 284 valence electrons. The quantitative estimate of drug-likeness (QED) is 0.178. The van der Waals surface area contributed by atoms with Crippen molar-refractivity contribution in [2.75, 3.05) is 0 Å². The zero-order valence-electron chi connectivity index (χ0n) is 33.7. The Morgan fingerprint density at radius 1 is 0.450 bits per heavy atom. The molecule has 0 aliphatic heterocycles. The molecule has 0 N–H and O–H groups in total. The highest BCUT2D eigenvalue weighted by molar-refractivity contribution is 5.95. The SMILES string of the molecule is CC12CC=C(c3nc4c(c(-c5cccc6c5-c5ccccc5C6)n3)Cc3ccc(-c5ccccc5)cc3-4)C=C1c1cc(-c3ccc4c(c3)-c3ccccc3C4)ccc1CC2. The first-order chi connectivity index (χ1) is 29.5. The Balaban J connectivity index is 0.968. The summed E-state index contributed by atoms with van der Waals surface area (Å²) in [5, 5.41) is 0. The number of nitrogens with zero attached hydrogens (tertiary/aromatic N) is 2. The van der Waals surface area contributed by atoms with E-state index in [1.54, 1.807) is 0 Å². The molecule has 2 nitrogen and oxygen atoms in total. The monoisotopic (exact) mass is 766 g/mol. The number of hydrogen-bond acceptors (Lipinski definition) is 2. The van der Waals surface area contributed by atoms with Gasteiger partial charge in [0.2, 0.25) is 0 Å². The lowest BCUT2D eigenvalue weighted by atomic mass is 9.64. The minimum atomic E-state index is 0.0483. The molecular formula is C58H42N2. The van der Waals surface area contributed by atoms with Gasteiger partial charge in [-0.15, -0.1) is 0 Å². The Hall–Kier alpha value is -6.90. The highest BCUT2D eigenvalue weighted by Gasteiger charge is 2.38. The number of aryl methyl sites for hydroxylation is 1. The Morgan fingerprint density at radius 3 is 1.85 bits per heavy atom. The molecule has 7 aromatic carbocycles. The number of fused-ring (bicyclic) bond motifs is 12. The van der Waals surface area contributed by atoms with Gasteiger partial charge in [-0.3, -0.25) is 0 Å². The summed E-state index contributed by atoms with van der Waals surface area (Å²) in [4.78, 5) is 11.2. The van der Waals surface area contributed by atoms with E-state index in [2.05, 4.69) is 171 Å². The normalized spacial score (nSPS) is 17.3. The van der Waals surface area contributed by atoms with Gasteiger partial charge in [0.15, 0.2) is 5.82 Å². The molecule has 60 heavy (non-hydrogen) atoms. The van der Waals surface area contributed by atoms with Crippen LogP contribution in [0.15, 0.2) is 164 Å². The molecule has 0 saturated heterocycles. The van der Waals surface area contributed by atoms with E-state index in [-0.39, 0.29) is 5.41 Å². The van der Waals surface area contributed by atoms with Crippen LogP contribution in [-0.4, -0.2) is 9.97 Å². The van der Waals surface area contributed by atoms with Crippen molar-refractivity contribution in [3.05, 3.63) is 214 Å². The largest absolute Gasteiger partial charge is 0.228 e. The standard InChI is InChI=1S/C58H42N2/c1-58-26-24-36-18-19-39(38-21-22-42-28-40-12-5-7-15-46(40)49(42)30-38)31-50(36)53(58)34-45(25-27-58)57-59-55(48-17-9-14-44-29-41-13-6-8-16-47(41)54(44)48)52-33-43-23-20-37(32-51(43)56(52)60-57)35-10-3-2-4-11-35/h2-23,25,30-32,34H,24,26-29,33H2,1H3. The Morgan fingerprint density at radius 2 is 1.03 bits per heavy atom. The second-order valence-corrected chi connectivity index (χ2v) is 17.9.